The summed E-state index contributed by atoms with van der Waals surface area (Å²) in [4.78, 5) is 25.4. The molecule has 0 unspecified atom stereocenters. The Bertz CT molecular complexity index is 1110. The Morgan fingerprint density at radius 2 is 1.69 bits per heavy atom. The van der Waals surface area contributed by atoms with Crippen molar-refractivity contribution in [2.75, 3.05) is 12.4 Å². The van der Waals surface area contributed by atoms with E-state index in [1.807, 2.05) is 24.3 Å². The number of methoxy groups -OCH3 is 1. The van der Waals surface area contributed by atoms with Crippen LogP contribution in [0.15, 0.2) is 53.6 Å². The van der Waals surface area contributed by atoms with E-state index < -0.39 is 11.9 Å². The minimum atomic E-state index is -1.12. The molecule has 1 amide bonds. The molecule has 0 aliphatic rings. The molecule has 1 heterocycles. The van der Waals surface area contributed by atoms with Crippen molar-refractivity contribution in [1.29, 1.82) is 0 Å². The van der Waals surface area contributed by atoms with E-state index >= 15 is 0 Å². The lowest BCUT2D eigenvalue weighted by atomic mass is 10.1. The van der Waals surface area contributed by atoms with E-state index in [-0.39, 0.29) is 11.3 Å². The normalized spacial score (nSPS) is 10.7. The SMILES string of the molecule is COc1cc(Br)c(C(=O)Nc2csc(-c3ccc(Br)cc3)c2C(=O)O)c(Br)c1Br. The molecule has 5 nitrogen and oxygen atoms in total. The molecule has 2 N–H and O–H groups in total. The number of ether oxygens (including phenoxy) is 1. The maximum absolute atomic E-state index is 12.9. The minimum absolute atomic E-state index is 0.0468. The Morgan fingerprint density at radius 1 is 1.03 bits per heavy atom. The third kappa shape index (κ3) is 4.61. The number of nitrogens with one attached hydrogen (secondary N) is 1. The summed E-state index contributed by atoms with van der Waals surface area (Å²) in [6, 6.07) is 8.97. The van der Waals surface area contributed by atoms with Crippen LogP contribution < -0.4 is 10.1 Å². The Labute approximate surface area is 204 Å². The lowest BCUT2D eigenvalue weighted by Crippen LogP contribution is -2.15. The maximum Gasteiger partial charge on any atom is 0.339 e. The fourth-order valence-electron chi connectivity index (χ4n) is 2.59. The number of benzene rings is 2. The number of amides is 1. The average molecular weight is 669 g/mol. The largest absolute Gasteiger partial charge is 0.495 e. The zero-order valence-corrected chi connectivity index (χ0v) is 21.7. The molecule has 2 aromatic carbocycles. The van der Waals surface area contributed by atoms with E-state index in [0.29, 0.717) is 29.6 Å². The van der Waals surface area contributed by atoms with E-state index in [2.05, 4.69) is 69.0 Å². The second kappa shape index (κ2) is 9.30. The third-order valence-electron chi connectivity index (χ3n) is 3.93. The van der Waals surface area contributed by atoms with Gasteiger partial charge in [-0.05, 0) is 71.6 Å². The van der Waals surface area contributed by atoms with Gasteiger partial charge in [-0.25, -0.2) is 4.79 Å². The first-order valence-corrected chi connectivity index (χ1v) is 11.9. The maximum atomic E-state index is 12.9. The molecule has 0 saturated carbocycles. The molecule has 29 heavy (non-hydrogen) atoms. The summed E-state index contributed by atoms with van der Waals surface area (Å²) < 4.78 is 7.71. The van der Waals surface area contributed by atoms with Gasteiger partial charge in [-0.3, -0.25) is 4.79 Å². The monoisotopic (exact) mass is 665 g/mol. The number of thiophene rings is 1. The van der Waals surface area contributed by atoms with Crippen molar-refractivity contribution < 1.29 is 19.4 Å². The van der Waals surface area contributed by atoms with Crippen LogP contribution in [0.25, 0.3) is 10.4 Å². The molecule has 0 bridgehead atoms. The van der Waals surface area contributed by atoms with Gasteiger partial charge in [0.1, 0.15) is 11.3 Å². The van der Waals surface area contributed by atoms with Crippen molar-refractivity contribution in [2.45, 2.75) is 0 Å². The van der Waals surface area contributed by atoms with Crippen LogP contribution in [-0.4, -0.2) is 24.1 Å². The molecule has 3 rings (SSSR count). The number of halogens is 4. The van der Waals surface area contributed by atoms with Crippen LogP contribution in [-0.2, 0) is 0 Å². The molecule has 0 saturated heterocycles. The highest BCUT2D eigenvalue weighted by Gasteiger charge is 2.24. The molecule has 1 aromatic heterocycles. The first-order chi connectivity index (χ1) is 13.7. The molecule has 150 valence electrons. The summed E-state index contributed by atoms with van der Waals surface area (Å²) in [6.07, 6.45) is 0. The predicted octanol–water partition coefficient (Wildman–Crippen LogP) is 7.42. The molecule has 3 aromatic rings. The molecule has 0 aliphatic carbocycles. The minimum Gasteiger partial charge on any atom is -0.495 e. The Balaban J connectivity index is 2.01. The van der Waals surface area contributed by atoms with Crippen molar-refractivity contribution in [2.24, 2.45) is 0 Å². The first kappa shape index (κ1) is 22.5. The highest BCUT2D eigenvalue weighted by molar-refractivity contribution is 9.13. The van der Waals surface area contributed by atoms with E-state index in [1.165, 1.54) is 18.4 Å². The zero-order chi connectivity index (χ0) is 21.3. The fraction of sp³-hybridized carbons (Fsp3) is 0.0526. The number of carboxylic acid groups (broad SMARTS) is 1. The van der Waals surface area contributed by atoms with Crippen LogP contribution in [0, 0.1) is 0 Å². The van der Waals surface area contributed by atoms with E-state index in [1.54, 1.807) is 11.4 Å². The topological polar surface area (TPSA) is 75.6 Å². The van der Waals surface area contributed by atoms with Crippen molar-refractivity contribution in [1.82, 2.24) is 0 Å². The first-order valence-electron chi connectivity index (χ1n) is 7.88. The number of anilines is 1. The fourth-order valence-corrected chi connectivity index (χ4v) is 5.77. The highest BCUT2D eigenvalue weighted by atomic mass is 79.9. The number of carboxylic acids is 1. The van der Waals surface area contributed by atoms with Gasteiger partial charge in [0.2, 0.25) is 0 Å². The number of aromatic carboxylic acids is 1. The quantitative estimate of drug-likeness (QED) is 0.278. The summed E-state index contributed by atoms with van der Waals surface area (Å²) in [5.41, 5.74) is 1.35. The summed E-state index contributed by atoms with van der Waals surface area (Å²) in [5, 5.41) is 14.1. The lowest BCUT2D eigenvalue weighted by Gasteiger charge is -2.13. The van der Waals surface area contributed by atoms with E-state index in [9.17, 15) is 14.7 Å². The van der Waals surface area contributed by atoms with Gasteiger partial charge >= 0.3 is 5.97 Å². The Hall–Kier alpha value is -1.20. The van der Waals surface area contributed by atoms with Gasteiger partial charge < -0.3 is 15.2 Å². The Morgan fingerprint density at radius 3 is 2.28 bits per heavy atom. The smallest absolute Gasteiger partial charge is 0.339 e. The van der Waals surface area contributed by atoms with Crippen molar-refractivity contribution in [3.8, 4) is 16.2 Å². The van der Waals surface area contributed by atoms with Gasteiger partial charge in [-0.2, -0.15) is 0 Å². The molecule has 0 fully saturated rings. The summed E-state index contributed by atoms with van der Waals surface area (Å²) in [6.45, 7) is 0. The molecule has 0 spiro atoms. The van der Waals surface area contributed by atoms with Crippen molar-refractivity contribution in [3.63, 3.8) is 0 Å². The van der Waals surface area contributed by atoms with Crippen LogP contribution in [0.5, 0.6) is 5.75 Å². The van der Waals surface area contributed by atoms with Gasteiger partial charge in [-0.15, -0.1) is 11.3 Å². The van der Waals surface area contributed by atoms with Gasteiger partial charge in [0.05, 0.1) is 27.7 Å². The van der Waals surface area contributed by atoms with Gasteiger partial charge in [0.15, 0.2) is 0 Å². The summed E-state index contributed by atoms with van der Waals surface area (Å²) in [5.74, 6) is -1.04. The second-order valence-electron chi connectivity index (χ2n) is 5.68. The number of carbonyl (C=O) groups excluding carboxylic acids is 1. The third-order valence-corrected chi connectivity index (χ3v) is 8.23. The number of hydrogen-bond acceptors (Lipinski definition) is 4. The molecular formula is C19H11Br4NO4S. The van der Waals surface area contributed by atoms with Crippen molar-refractivity contribution >= 4 is 92.6 Å². The van der Waals surface area contributed by atoms with Gasteiger partial charge in [0.25, 0.3) is 5.91 Å². The van der Waals surface area contributed by atoms with E-state index in [4.69, 9.17) is 4.74 Å². The van der Waals surface area contributed by atoms with Crippen molar-refractivity contribution in [3.05, 3.63) is 64.7 Å². The summed E-state index contributed by atoms with van der Waals surface area (Å²) >= 11 is 14.8. The van der Waals surface area contributed by atoms with Crippen LogP contribution in [0.4, 0.5) is 5.69 Å². The second-order valence-corrected chi connectivity index (χ2v) is 9.92. The molecule has 0 atom stereocenters. The van der Waals surface area contributed by atoms with Crippen LogP contribution >= 0.6 is 75.1 Å². The number of carbonyl (C=O) groups is 2. The number of rotatable bonds is 5. The van der Waals surface area contributed by atoms with E-state index in [0.717, 1.165) is 10.0 Å². The van der Waals surface area contributed by atoms with Crippen LogP contribution in [0.3, 0.4) is 0 Å². The molecule has 10 heteroatoms. The van der Waals surface area contributed by atoms with Crippen LogP contribution in [0.2, 0.25) is 0 Å². The molecular weight excluding hydrogens is 658 g/mol. The lowest BCUT2D eigenvalue weighted by molar-refractivity contribution is 0.0699. The standard InChI is InChI=1S/C19H11Br4NO4S/c1-28-12-6-10(21)13(16(23)15(12)22)18(25)24-11-7-29-17(14(11)19(26)27)8-2-4-9(20)5-3-8/h2-7H,1H3,(H,24,25)(H,26,27). The van der Waals surface area contributed by atoms with Crippen LogP contribution in [0.1, 0.15) is 20.7 Å². The molecule has 0 aliphatic heterocycles. The summed E-state index contributed by atoms with van der Waals surface area (Å²) in [7, 11) is 1.52. The zero-order valence-electron chi connectivity index (χ0n) is 14.6. The Kier molecular flexibility index (Phi) is 7.21. The molecule has 0 radical (unpaired) electrons. The highest BCUT2D eigenvalue weighted by Crippen LogP contribution is 2.41. The van der Waals surface area contributed by atoms with Gasteiger partial charge in [0, 0.05) is 18.8 Å². The number of hydrogen-bond donors (Lipinski definition) is 2. The average Bonchev–Trinajstić information content (AvgIpc) is 3.09. The predicted molar refractivity (Wildman–Crippen MR) is 128 cm³/mol. The van der Waals surface area contributed by atoms with Gasteiger partial charge in [-0.1, -0.05) is 28.1 Å².